The lowest BCUT2D eigenvalue weighted by molar-refractivity contribution is -0.130. The predicted octanol–water partition coefficient (Wildman–Crippen LogP) is 6.06. The molecule has 0 saturated carbocycles. The van der Waals surface area contributed by atoms with Gasteiger partial charge in [-0.1, -0.05) is 23.2 Å². The van der Waals surface area contributed by atoms with Gasteiger partial charge in [0, 0.05) is 84.8 Å². The van der Waals surface area contributed by atoms with E-state index in [1.165, 1.54) is 11.3 Å². The Morgan fingerprint density at radius 1 is 1.02 bits per heavy atom. The van der Waals surface area contributed by atoms with Gasteiger partial charge in [-0.05, 0) is 81.3 Å². The second-order valence-corrected chi connectivity index (χ2v) is 12.8. The molecule has 230 valence electrons. The first-order valence-electron chi connectivity index (χ1n) is 15.0. The number of amides is 1. The molecule has 0 bridgehead atoms. The number of halogens is 2. The van der Waals surface area contributed by atoms with Crippen molar-refractivity contribution in [2.24, 2.45) is 0 Å². The van der Waals surface area contributed by atoms with E-state index in [1.54, 1.807) is 40.8 Å². The third-order valence-electron chi connectivity index (χ3n) is 8.91. The summed E-state index contributed by atoms with van der Waals surface area (Å²) in [6.07, 6.45) is 3.29. The normalized spacial score (nSPS) is 17.7. The van der Waals surface area contributed by atoms with Gasteiger partial charge in [-0.2, -0.15) is 4.98 Å². The van der Waals surface area contributed by atoms with Crippen LogP contribution in [0.25, 0.3) is 22.2 Å². The third kappa shape index (κ3) is 5.88. The van der Waals surface area contributed by atoms with Gasteiger partial charge < -0.3 is 20.0 Å². The Labute approximate surface area is 267 Å². The zero-order valence-electron chi connectivity index (χ0n) is 25.5. The van der Waals surface area contributed by atoms with Crippen molar-refractivity contribution in [3.63, 3.8) is 0 Å². The van der Waals surface area contributed by atoms with Crippen LogP contribution in [0.1, 0.15) is 36.9 Å². The molecule has 9 nitrogen and oxygen atoms in total. The average molecular weight is 635 g/mol. The van der Waals surface area contributed by atoms with Crippen LogP contribution in [0.4, 0.5) is 17.3 Å². The number of likely N-dealkylation sites (tertiary alicyclic amines) is 1. The number of carbonyl (C=O) groups is 1. The Morgan fingerprint density at radius 3 is 2.52 bits per heavy atom. The maximum absolute atomic E-state index is 14.4. The summed E-state index contributed by atoms with van der Waals surface area (Å²) in [7, 11) is 2.16. The lowest BCUT2D eigenvalue weighted by atomic mass is 9.98. The molecule has 2 aromatic heterocycles. The van der Waals surface area contributed by atoms with E-state index in [4.69, 9.17) is 28.2 Å². The molecule has 1 N–H and O–H groups in total. The topological polar surface area (TPSA) is 86.6 Å². The number of piperidine rings is 1. The van der Waals surface area contributed by atoms with Gasteiger partial charge in [0.2, 0.25) is 11.9 Å². The summed E-state index contributed by atoms with van der Waals surface area (Å²) in [5.41, 5.74) is 5.32. The summed E-state index contributed by atoms with van der Waals surface area (Å²) in [5, 5.41) is 5.02. The number of benzene rings is 2. The molecule has 2 saturated heterocycles. The molecule has 2 fully saturated rings. The smallest absolute Gasteiger partial charge is 0.260 e. The van der Waals surface area contributed by atoms with Crippen molar-refractivity contribution in [2.45, 2.75) is 39.7 Å². The number of hydrogen-bond donors (Lipinski definition) is 1. The van der Waals surface area contributed by atoms with E-state index >= 15 is 0 Å². The van der Waals surface area contributed by atoms with Crippen LogP contribution in [0.3, 0.4) is 0 Å². The molecule has 1 atom stereocenters. The Bertz CT molecular complexity index is 1800. The Balaban J connectivity index is 1.43. The fourth-order valence-electron chi connectivity index (χ4n) is 6.45. The Morgan fingerprint density at radius 2 is 1.80 bits per heavy atom. The van der Waals surface area contributed by atoms with Gasteiger partial charge in [0.05, 0.1) is 11.6 Å². The molecule has 44 heavy (non-hydrogen) atoms. The van der Waals surface area contributed by atoms with Crippen LogP contribution < -0.4 is 15.8 Å². The molecule has 2 aliphatic heterocycles. The Kier molecular flexibility index (Phi) is 8.55. The monoisotopic (exact) mass is 633 g/mol. The summed E-state index contributed by atoms with van der Waals surface area (Å²) < 4.78 is 1.73. The molecule has 4 heterocycles. The number of hydrogen-bond acceptors (Lipinski definition) is 7. The minimum atomic E-state index is -0.257. The number of anilines is 3. The van der Waals surface area contributed by atoms with E-state index in [1.807, 2.05) is 13.0 Å². The number of pyridine rings is 1. The summed E-state index contributed by atoms with van der Waals surface area (Å²) in [6, 6.07) is 11.2. The first kappa shape index (κ1) is 30.4. The fourth-order valence-corrected chi connectivity index (χ4v) is 6.84. The van der Waals surface area contributed by atoms with Crippen molar-refractivity contribution in [3.05, 3.63) is 74.1 Å². The second kappa shape index (κ2) is 12.4. The number of nitrogens with zero attached hydrogens (tertiary/aromatic N) is 6. The van der Waals surface area contributed by atoms with E-state index in [0.29, 0.717) is 45.9 Å². The predicted molar refractivity (Wildman–Crippen MR) is 179 cm³/mol. The van der Waals surface area contributed by atoms with Crippen molar-refractivity contribution in [1.29, 1.82) is 0 Å². The molecule has 2 aromatic carbocycles. The standard InChI is InChI=1S/C33H37Cl2N7O2/c1-20-16-24(8-10-29(20)40-14-12-39(4)13-15-40)37-33-36-18-27-21(2)30(26-17-23(34)7-9-28(26)35)32(44)42(31(27)38-33)25-6-5-11-41(19-25)22(3)43/h7-10,16-18,25H,5-6,11-15,19H2,1-4H3,(H,36,37,38)/t25-/m0/s1. The molecule has 0 aliphatic carbocycles. The van der Waals surface area contributed by atoms with Crippen LogP contribution in [-0.4, -0.2) is 76.6 Å². The number of likely N-dealkylation sites (N-methyl/N-ethyl adjacent to an activating group) is 1. The van der Waals surface area contributed by atoms with Crippen molar-refractivity contribution in [1.82, 2.24) is 24.3 Å². The number of fused-ring (bicyclic) bond motifs is 1. The van der Waals surface area contributed by atoms with Crippen molar-refractivity contribution in [2.75, 3.05) is 56.5 Å². The zero-order chi connectivity index (χ0) is 31.1. The van der Waals surface area contributed by atoms with Crippen molar-refractivity contribution >= 4 is 57.5 Å². The van der Waals surface area contributed by atoms with Gasteiger partial charge in [-0.15, -0.1) is 0 Å². The summed E-state index contributed by atoms with van der Waals surface area (Å²) >= 11 is 13.0. The Hall–Kier alpha value is -3.66. The largest absolute Gasteiger partial charge is 0.369 e. The highest BCUT2D eigenvalue weighted by molar-refractivity contribution is 6.35. The molecule has 6 rings (SSSR count). The molecule has 0 spiro atoms. The number of aryl methyl sites for hydroxylation is 2. The lowest BCUT2D eigenvalue weighted by Gasteiger charge is -2.35. The SMILES string of the molecule is CC(=O)N1CCC[C@H](n2c(=O)c(-c3cc(Cl)ccc3Cl)c(C)c3cnc(Nc4ccc(N5CCN(C)CC5)c(C)c4)nc32)C1. The summed E-state index contributed by atoms with van der Waals surface area (Å²) in [4.78, 5) is 42.9. The fraction of sp³-hybridized carbons (Fsp3) is 0.394. The van der Waals surface area contributed by atoms with Gasteiger partial charge in [-0.25, -0.2) is 4.98 Å². The quantitative estimate of drug-likeness (QED) is 0.286. The molecule has 0 radical (unpaired) electrons. The number of nitrogens with one attached hydrogen (secondary N) is 1. The van der Waals surface area contributed by atoms with Gasteiger partial charge in [-0.3, -0.25) is 14.2 Å². The third-order valence-corrected chi connectivity index (χ3v) is 9.47. The van der Waals surface area contributed by atoms with E-state index < -0.39 is 0 Å². The van der Waals surface area contributed by atoms with Crippen molar-refractivity contribution in [3.8, 4) is 11.1 Å². The van der Waals surface area contributed by atoms with E-state index in [2.05, 4.69) is 46.2 Å². The highest BCUT2D eigenvalue weighted by atomic mass is 35.5. The van der Waals surface area contributed by atoms with Crippen LogP contribution >= 0.6 is 23.2 Å². The van der Waals surface area contributed by atoms with Gasteiger partial charge in [0.1, 0.15) is 5.65 Å². The van der Waals surface area contributed by atoms with Crippen LogP contribution in [-0.2, 0) is 4.79 Å². The minimum absolute atomic E-state index is 0.00959. The lowest BCUT2D eigenvalue weighted by Crippen LogP contribution is -2.44. The first-order chi connectivity index (χ1) is 21.1. The van der Waals surface area contributed by atoms with E-state index in [9.17, 15) is 9.59 Å². The maximum atomic E-state index is 14.4. The number of aromatic nitrogens is 3. The summed E-state index contributed by atoms with van der Waals surface area (Å²) in [5.74, 6) is 0.384. The molecule has 2 aliphatic rings. The molecular formula is C33H37Cl2N7O2. The maximum Gasteiger partial charge on any atom is 0.260 e. The zero-order valence-corrected chi connectivity index (χ0v) is 27.0. The van der Waals surface area contributed by atoms with Gasteiger partial charge >= 0.3 is 0 Å². The molecule has 11 heteroatoms. The molecule has 1 amide bonds. The van der Waals surface area contributed by atoms with Gasteiger partial charge in [0.15, 0.2) is 0 Å². The summed E-state index contributed by atoms with van der Waals surface area (Å²) in [6.45, 7) is 10.8. The van der Waals surface area contributed by atoms with E-state index in [0.717, 1.165) is 55.7 Å². The highest BCUT2D eigenvalue weighted by Crippen LogP contribution is 2.35. The molecular weight excluding hydrogens is 597 g/mol. The van der Waals surface area contributed by atoms with Crippen LogP contribution in [0.5, 0.6) is 0 Å². The molecule has 0 unspecified atom stereocenters. The van der Waals surface area contributed by atoms with Gasteiger partial charge in [0.25, 0.3) is 5.56 Å². The van der Waals surface area contributed by atoms with Crippen molar-refractivity contribution < 1.29 is 4.79 Å². The van der Waals surface area contributed by atoms with Crippen LogP contribution in [0.2, 0.25) is 10.0 Å². The average Bonchev–Trinajstić information content (AvgIpc) is 3.00. The highest BCUT2D eigenvalue weighted by Gasteiger charge is 2.28. The number of rotatable bonds is 5. The minimum Gasteiger partial charge on any atom is -0.369 e. The second-order valence-electron chi connectivity index (χ2n) is 11.9. The number of piperazine rings is 1. The van der Waals surface area contributed by atoms with Crippen LogP contribution in [0, 0.1) is 13.8 Å². The van der Waals surface area contributed by atoms with Crippen LogP contribution in [0.15, 0.2) is 47.4 Å². The number of carbonyl (C=O) groups excluding carboxylic acids is 1. The molecule has 4 aromatic rings. The first-order valence-corrected chi connectivity index (χ1v) is 15.8. The van der Waals surface area contributed by atoms with E-state index in [-0.39, 0.29) is 17.5 Å².